The molecule has 3 N–H and O–H groups in total. The van der Waals surface area contributed by atoms with Crippen LogP contribution < -0.4 is 30.7 Å². The molecule has 4 amide bonds. The number of methoxy groups -OCH3 is 1. The smallest absolute Gasteiger partial charge is 0.408 e. The maximum atomic E-state index is 14.9. The Labute approximate surface area is 387 Å². The molecule has 5 atom stereocenters. The number of nitrogens with zero attached hydrogens (tertiary/aromatic N) is 2. The molecule has 2 aliphatic rings. The van der Waals surface area contributed by atoms with E-state index >= 15 is 0 Å². The second-order valence-electron chi connectivity index (χ2n) is 18.7. The number of rotatable bonds is 18. The van der Waals surface area contributed by atoms with Crippen molar-refractivity contribution >= 4 is 47.6 Å². The number of nitrogens with one attached hydrogen (secondary N) is 3. The van der Waals surface area contributed by atoms with E-state index in [4.69, 9.17) is 28.2 Å². The monoisotopic (exact) mass is 925 g/mol. The van der Waals surface area contributed by atoms with Crippen LogP contribution in [0.4, 0.5) is 4.79 Å². The van der Waals surface area contributed by atoms with E-state index in [0.29, 0.717) is 46.2 Å². The van der Waals surface area contributed by atoms with Gasteiger partial charge in [-0.2, -0.15) is 0 Å². The molecule has 15 nitrogen and oxygen atoms in total. The van der Waals surface area contributed by atoms with Crippen LogP contribution in [0.25, 0.3) is 22.2 Å². The minimum atomic E-state index is -3.45. The lowest BCUT2D eigenvalue weighted by Gasteiger charge is -2.36. The number of alkyl carbamates (subject to hydrolysis) is 1. The first-order valence-corrected chi connectivity index (χ1v) is 24.0. The molecule has 0 spiro atoms. The van der Waals surface area contributed by atoms with Gasteiger partial charge < -0.3 is 44.1 Å². The summed E-state index contributed by atoms with van der Waals surface area (Å²) < 4.78 is 42.0. The fourth-order valence-electron chi connectivity index (χ4n) is 8.14. The van der Waals surface area contributed by atoms with Gasteiger partial charge in [0.25, 0.3) is 0 Å². The molecule has 1 saturated heterocycles. The number of hydrogen-bond donors (Lipinski definition) is 3. The van der Waals surface area contributed by atoms with E-state index in [1.165, 1.54) is 4.90 Å². The van der Waals surface area contributed by atoms with Crippen LogP contribution in [0.1, 0.15) is 73.8 Å². The predicted octanol–water partition coefficient (Wildman–Crippen LogP) is 7.51. The lowest BCUT2D eigenvalue weighted by molar-refractivity contribution is -0.143. The topological polar surface area (TPSA) is 184 Å². The first-order chi connectivity index (χ1) is 31.2. The molecule has 1 aliphatic carbocycles. The molecule has 354 valence electrons. The summed E-state index contributed by atoms with van der Waals surface area (Å²) in [6.07, 6.45) is 1.02. The number of ether oxygens (including phenoxy) is 3. The normalized spacial score (nSPS) is 20.0. The zero-order valence-electron chi connectivity index (χ0n) is 39.5. The number of carbonyl (C=O) groups is 4. The fourth-order valence-corrected chi connectivity index (χ4v) is 9.71. The van der Waals surface area contributed by atoms with E-state index in [9.17, 15) is 23.7 Å². The average Bonchev–Trinajstić information content (AvgIpc) is 3.83. The number of likely N-dealkylation sites (tertiary alicyclic amines) is 1. The number of pyridine rings is 1. The van der Waals surface area contributed by atoms with Gasteiger partial charge in [-0.25, -0.2) is 9.78 Å². The number of aromatic nitrogens is 1. The number of carbonyl (C=O) groups excluding carboxylic acids is 4. The number of fused-ring (bicyclic) bond motifs is 1. The first-order valence-electron chi connectivity index (χ1n) is 22.5. The predicted molar refractivity (Wildman–Crippen MR) is 254 cm³/mol. The van der Waals surface area contributed by atoms with Crippen LogP contribution in [0, 0.1) is 11.3 Å². The van der Waals surface area contributed by atoms with E-state index in [1.54, 1.807) is 59.9 Å². The molecule has 3 aromatic carbocycles. The van der Waals surface area contributed by atoms with Crippen molar-refractivity contribution in [2.45, 2.75) is 104 Å². The summed E-state index contributed by atoms with van der Waals surface area (Å²) in [7, 11) is -1.87. The molecule has 16 heteroatoms. The highest BCUT2D eigenvalue weighted by atomic mass is 31.2. The van der Waals surface area contributed by atoms with Gasteiger partial charge in [0.15, 0.2) is 0 Å². The second kappa shape index (κ2) is 20.4. The molecule has 2 unspecified atom stereocenters. The molecule has 6 rings (SSSR count). The van der Waals surface area contributed by atoms with Crippen LogP contribution in [-0.2, 0) is 39.2 Å². The van der Waals surface area contributed by atoms with Gasteiger partial charge >= 0.3 is 13.7 Å². The van der Waals surface area contributed by atoms with Gasteiger partial charge in [0.05, 0.1) is 43.4 Å². The van der Waals surface area contributed by atoms with Crippen LogP contribution in [-0.4, -0.2) is 96.4 Å². The van der Waals surface area contributed by atoms with E-state index in [0.717, 1.165) is 11.1 Å². The summed E-state index contributed by atoms with van der Waals surface area (Å²) in [5, 5.41) is 9.95. The Bertz CT molecular complexity index is 2440. The third-order valence-electron chi connectivity index (χ3n) is 11.6. The van der Waals surface area contributed by atoms with E-state index < -0.39 is 60.2 Å². The minimum Gasteiger partial charge on any atom is -0.497 e. The SMILES string of the molecule is C=CC1C[C@]1(NC(=O)C1C[C@@H](Oc2cc(-c3ccccc3)nc3cc(OC)ccc23)CN1C(=O)[C@@H](NC(=O)OC(C)(C)C)C(C)(C)C)C(=O)NCCc1ccc(P(=O)(OCC)OCC)cc1. The lowest BCUT2D eigenvalue weighted by atomic mass is 9.85. The zero-order valence-corrected chi connectivity index (χ0v) is 40.4. The van der Waals surface area contributed by atoms with Crippen LogP contribution in [0.2, 0.25) is 0 Å². The Kier molecular flexibility index (Phi) is 15.4. The van der Waals surface area contributed by atoms with Crippen molar-refractivity contribution in [2.24, 2.45) is 11.3 Å². The second-order valence-corrected chi connectivity index (χ2v) is 20.7. The summed E-state index contributed by atoms with van der Waals surface area (Å²) in [5.41, 5.74) is 0.0864. The van der Waals surface area contributed by atoms with Crippen LogP contribution in [0.15, 0.2) is 91.5 Å². The molecule has 1 aliphatic heterocycles. The summed E-state index contributed by atoms with van der Waals surface area (Å²) >= 11 is 0. The maximum absolute atomic E-state index is 14.9. The van der Waals surface area contributed by atoms with Gasteiger partial charge in [-0.05, 0) is 82.7 Å². The Morgan fingerprint density at radius 2 is 1.64 bits per heavy atom. The summed E-state index contributed by atoms with van der Waals surface area (Å²) in [4.78, 5) is 63.2. The summed E-state index contributed by atoms with van der Waals surface area (Å²) in [6, 6.07) is 21.8. The molecular formula is C50H64N5O10P. The van der Waals surface area contributed by atoms with E-state index in [1.807, 2.05) is 87.5 Å². The molecule has 1 saturated carbocycles. The maximum Gasteiger partial charge on any atom is 0.408 e. The van der Waals surface area contributed by atoms with Crippen molar-refractivity contribution in [3.63, 3.8) is 0 Å². The van der Waals surface area contributed by atoms with Crippen molar-refractivity contribution in [3.8, 4) is 22.8 Å². The molecule has 66 heavy (non-hydrogen) atoms. The highest BCUT2D eigenvalue weighted by Gasteiger charge is 2.61. The van der Waals surface area contributed by atoms with Gasteiger partial charge in [0.2, 0.25) is 17.7 Å². The third-order valence-corrected chi connectivity index (χ3v) is 13.7. The van der Waals surface area contributed by atoms with Crippen molar-refractivity contribution in [1.82, 2.24) is 25.8 Å². The molecule has 0 radical (unpaired) electrons. The lowest BCUT2D eigenvalue weighted by Crippen LogP contribution is -2.60. The van der Waals surface area contributed by atoms with Crippen molar-refractivity contribution in [3.05, 3.63) is 97.1 Å². The van der Waals surface area contributed by atoms with E-state index in [-0.39, 0.29) is 44.5 Å². The van der Waals surface area contributed by atoms with Crippen LogP contribution in [0.3, 0.4) is 0 Å². The molecule has 1 aromatic heterocycles. The highest BCUT2D eigenvalue weighted by molar-refractivity contribution is 7.62. The van der Waals surface area contributed by atoms with Gasteiger partial charge in [-0.1, -0.05) is 69.3 Å². The molecule has 2 heterocycles. The quantitative estimate of drug-likeness (QED) is 0.0663. The van der Waals surface area contributed by atoms with Crippen LogP contribution >= 0.6 is 7.60 Å². The number of amides is 4. The van der Waals surface area contributed by atoms with E-state index in [2.05, 4.69) is 22.5 Å². The Morgan fingerprint density at radius 3 is 2.23 bits per heavy atom. The zero-order chi connectivity index (χ0) is 48.0. The molecular weight excluding hydrogens is 862 g/mol. The molecule has 2 fully saturated rings. The van der Waals surface area contributed by atoms with Gasteiger partial charge in [-0.3, -0.25) is 18.9 Å². The van der Waals surface area contributed by atoms with Gasteiger partial charge in [0.1, 0.15) is 40.8 Å². The van der Waals surface area contributed by atoms with Crippen molar-refractivity contribution in [1.29, 1.82) is 0 Å². The summed E-state index contributed by atoms with van der Waals surface area (Å²) in [5.74, 6) is -0.687. The highest BCUT2D eigenvalue weighted by Crippen LogP contribution is 2.47. The average molecular weight is 926 g/mol. The number of benzene rings is 3. The Morgan fingerprint density at radius 1 is 0.955 bits per heavy atom. The minimum absolute atomic E-state index is 0.00634. The van der Waals surface area contributed by atoms with Gasteiger partial charge in [-0.15, -0.1) is 6.58 Å². The fraction of sp³-hybridized carbons (Fsp3) is 0.460. The van der Waals surface area contributed by atoms with Crippen LogP contribution in [0.5, 0.6) is 11.5 Å². The largest absolute Gasteiger partial charge is 0.497 e. The molecule has 4 aromatic rings. The van der Waals surface area contributed by atoms with Crippen molar-refractivity contribution in [2.75, 3.05) is 33.4 Å². The first kappa shape index (κ1) is 49.7. The number of hydrogen-bond acceptors (Lipinski definition) is 11. The van der Waals surface area contributed by atoms with Gasteiger partial charge in [0, 0.05) is 42.0 Å². The third kappa shape index (κ3) is 11.6. The standard InChI is InChI=1S/C50H64N5O10P/c1-11-34-30-50(34,46(58)51-26-25-32-19-22-37(23-20-32)66(60,62-12-2)63-13-3)54-44(56)41-28-36(31-55(41)45(57)43(48(4,5)6)53-47(59)65-49(7,8)9)64-42-29-39(33-17-15-14-16-18-33)52-40-27-35(61-10)21-24-38(40)42/h11,14-24,27,29,34,36,41,43H,1,12-13,25-26,28,30-31H2,2-10H3,(H,51,58)(H,53,59)(H,54,56)/t34?,36-,41?,43-,50-/m1/s1. The molecule has 0 bridgehead atoms. The van der Waals surface area contributed by atoms with Crippen molar-refractivity contribution < 1.29 is 47.0 Å². The Hall–Kier alpha value is -5.76. The Balaban J connectivity index is 1.26. The summed E-state index contributed by atoms with van der Waals surface area (Å²) in [6.45, 7) is 18.8.